The van der Waals surface area contributed by atoms with E-state index in [1.165, 1.54) is 6.92 Å². The van der Waals surface area contributed by atoms with Gasteiger partial charge in [-0.15, -0.1) is 11.8 Å². The van der Waals surface area contributed by atoms with Crippen LogP contribution in [0.4, 0.5) is 5.69 Å². The quantitative estimate of drug-likeness (QED) is 0.466. The van der Waals surface area contributed by atoms with Crippen molar-refractivity contribution in [3.63, 3.8) is 0 Å². The van der Waals surface area contributed by atoms with Gasteiger partial charge in [-0.3, -0.25) is 9.59 Å². The minimum atomic E-state index is -0.940. The molecule has 0 unspecified atom stereocenters. The van der Waals surface area contributed by atoms with E-state index in [0.717, 1.165) is 21.9 Å². The van der Waals surface area contributed by atoms with E-state index in [0.29, 0.717) is 13.1 Å². The van der Waals surface area contributed by atoms with Gasteiger partial charge in [0.1, 0.15) is 11.4 Å². The number of hydrogen-bond donors (Lipinski definition) is 0. The number of nitrogens with zero attached hydrogens (tertiary/aromatic N) is 2. The van der Waals surface area contributed by atoms with Crippen molar-refractivity contribution in [1.82, 2.24) is 4.90 Å². The van der Waals surface area contributed by atoms with E-state index >= 15 is 0 Å². The van der Waals surface area contributed by atoms with Crippen LogP contribution in [0, 0.1) is 5.41 Å². The van der Waals surface area contributed by atoms with Gasteiger partial charge in [0.15, 0.2) is 6.10 Å². The number of rotatable bonds is 7. The fraction of sp³-hybridized carbons (Fsp3) is 0.500. The zero-order chi connectivity index (χ0) is 26.0. The van der Waals surface area contributed by atoms with E-state index in [2.05, 4.69) is 34.6 Å². The number of carbonyl (C=O) groups excluding carboxylic acids is 2. The van der Waals surface area contributed by atoms with E-state index in [-0.39, 0.29) is 22.2 Å². The first-order valence-electron chi connectivity index (χ1n) is 12.0. The molecule has 3 rings (SSSR count). The molecule has 35 heavy (non-hydrogen) atoms. The molecular weight excluding hydrogens is 460 g/mol. The maximum absolute atomic E-state index is 13.8. The van der Waals surface area contributed by atoms with Crippen LogP contribution in [0.3, 0.4) is 0 Å². The van der Waals surface area contributed by atoms with Gasteiger partial charge in [0.25, 0.3) is 5.91 Å². The van der Waals surface area contributed by atoms with Crippen molar-refractivity contribution in [3.05, 3.63) is 54.1 Å². The Hall–Kier alpha value is -2.51. The van der Waals surface area contributed by atoms with Crippen molar-refractivity contribution in [2.45, 2.75) is 63.4 Å². The highest BCUT2D eigenvalue weighted by atomic mass is 32.2. The summed E-state index contributed by atoms with van der Waals surface area (Å²) in [5.74, 6) is 0.0775. The molecule has 0 saturated heterocycles. The van der Waals surface area contributed by atoms with Gasteiger partial charge in [-0.25, -0.2) is 0 Å². The number of anilines is 1. The third-order valence-corrected chi connectivity index (χ3v) is 8.02. The second-order valence-electron chi connectivity index (χ2n) is 10.8. The van der Waals surface area contributed by atoms with Gasteiger partial charge in [0.2, 0.25) is 0 Å². The van der Waals surface area contributed by atoms with Gasteiger partial charge in [-0.05, 0) is 57.8 Å². The normalized spacial score (nSPS) is 18.8. The number of para-hydroxylation sites is 1. The molecule has 2 atom stereocenters. The number of fused-ring (bicyclic) bond motifs is 1. The number of benzene rings is 2. The highest BCUT2D eigenvalue weighted by molar-refractivity contribution is 7.99. The summed E-state index contributed by atoms with van der Waals surface area (Å²) in [6, 6.07) is 15.7. The van der Waals surface area contributed by atoms with E-state index in [1.807, 2.05) is 67.5 Å². The van der Waals surface area contributed by atoms with E-state index in [1.54, 1.807) is 16.7 Å². The number of thioether (sulfide) groups is 1. The number of amides is 1. The van der Waals surface area contributed by atoms with Crippen molar-refractivity contribution >= 4 is 29.3 Å². The van der Waals surface area contributed by atoms with Gasteiger partial charge < -0.3 is 19.3 Å². The molecule has 0 aromatic heterocycles. The molecule has 0 radical (unpaired) electrons. The second kappa shape index (κ2) is 10.6. The molecule has 190 valence electrons. The summed E-state index contributed by atoms with van der Waals surface area (Å²) < 4.78 is 12.0. The fourth-order valence-corrected chi connectivity index (χ4v) is 4.94. The first-order valence-corrected chi connectivity index (χ1v) is 12.9. The first kappa shape index (κ1) is 27.1. The minimum Gasteiger partial charge on any atom is -0.487 e. The standard InChI is InChI=1S/C28H38N2O4S/c1-19(31)33-24-25(20-13-15-21(16-14-20)34-28(5,6)27(2,3)4)35-23-12-10-9-11-22(23)30(26(24)32)18-17-29(7)8/h9-16,24-25H,17-18H2,1-8H3/t24-,25+/m1/s1. The molecule has 1 amide bonds. The molecule has 0 fully saturated rings. The van der Waals surface area contributed by atoms with Crippen LogP contribution in [-0.2, 0) is 14.3 Å². The number of ether oxygens (including phenoxy) is 2. The molecule has 2 aromatic carbocycles. The van der Waals surface area contributed by atoms with Crippen LogP contribution in [0.1, 0.15) is 52.4 Å². The van der Waals surface area contributed by atoms with E-state index < -0.39 is 12.1 Å². The number of hydrogen-bond acceptors (Lipinski definition) is 6. The fourth-order valence-electron chi connectivity index (χ4n) is 3.62. The summed E-state index contributed by atoms with van der Waals surface area (Å²) in [6.07, 6.45) is -0.940. The zero-order valence-corrected chi connectivity index (χ0v) is 22.9. The third-order valence-electron chi connectivity index (χ3n) is 6.65. The van der Waals surface area contributed by atoms with E-state index in [4.69, 9.17) is 9.47 Å². The molecular formula is C28H38N2O4S. The van der Waals surface area contributed by atoms with E-state index in [9.17, 15) is 9.59 Å². The van der Waals surface area contributed by atoms with Crippen molar-refractivity contribution in [2.75, 3.05) is 32.1 Å². The molecule has 0 N–H and O–H groups in total. The highest BCUT2D eigenvalue weighted by Gasteiger charge is 2.41. The zero-order valence-electron chi connectivity index (χ0n) is 22.1. The number of esters is 1. The molecule has 0 aliphatic carbocycles. The summed E-state index contributed by atoms with van der Waals surface area (Å²) in [4.78, 5) is 30.6. The predicted molar refractivity (Wildman–Crippen MR) is 142 cm³/mol. The topological polar surface area (TPSA) is 59.1 Å². The Balaban J connectivity index is 1.98. The van der Waals surface area contributed by atoms with Gasteiger partial charge >= 0.3 is 5.97 Å². The van der Waals surface area contributed by atoms with Crippen LogP contribution >= 0.6 is 11.8 Å². The highest BCUT2D eigenvalue weighted by Crippen LogP contribution is 2.47. The minimum absolute atomic E-state index is 0.0463. The molecule has 2 aromatic rings. The lowest BCUT2D eigenvalue weighted by molar-refractivity contribution is -0.152. The second-order valence-corrected chi connectivity index (χ2v) is 11.9. The van der Waals surface area contributed by atoms with Crippen LogP contribution in [0.15, 0.2) is 53.4 Å². The van der Waals surface area contributed by atoms with Crippen molar-refractivity contribution in [3.8, 4) is 5.75 Å². The van der Waals surface area contributed by atoms with Crippen molar-refractivity contribution in [1.29, 1.82) is 0 Å². The van der Waals surface area contributed by atoms with Gasteiger partial charge in [0, 0.05) is 30.3 Å². The molecule has 7 heteroatoms. The first-order chi connectivity index (χ1) is 16.3. The van der Waals surface area contributed by atoms with Crippen LogP contribution in [-0.4, -0.2) is 55.7 Å². The lowest BCUT2D eigenvalue weighted by Gasteiger charge is -2.39. The number of carbonyl (C=O) groups is 2. The van der Waals surface area contributed by atoms with Gasteiger partial charge in [0.05, 0.1) is 10.9 Å². The van der Waals surface area contributed by atoms with Gasteiger partial charge in [-0.1, -0.05) is 45.0 Å². The summed E-state index contributed by atoms with van der Waals surface area (Å²) in [7, 11) is 3.94. The van der Waals surface area contributed by atoms with Gasteiger partial charge in [-0.2, -0.15) is 0 Å². The lowest BCUT2D eigenvalue weighted by atomic mass is 9.79. The summed E-state index contributed by atoms with van der Waals surface area (Å²) >= 11 is 1.55. The maximum atomic E-state index is 13.8. The Morgan fingerprint density at radius 3 is 2.23 bits per heavy atom. The largest absolute Gasteiger partial charge is 0.487 e. The monoisotopic (exact) mass is 498 g/mol. The molecule has 1 aliphatic rings. The Bertz CT molecular complexity index is 1040. The smallest absolute Gasteiger partial charge is 0.303 e. The Labute approximate surface area is 214 Å². The predicted octanol–water partition coefficient (Wildman–Crippen LogP) is 5.56. The molecule has 6 nitrogen and oxygen atoms in total. The molecule has 0 spiro atoms. The Morgan fingerprint density at radius 1 is 1.03 bits per heavy atom. The van der Waals surface area contributed by atoms with Crippen molar-refractivity contribution in [2.24, 2.45) is 5.41 Å². The summed E-state index contributed by atoms with van der Waals surface area (Å²) in [5, 5.41) is -0.387. The Morgan fingerprint density at radius 2 is 1.66 bits per heavy atom. The average molecular weight is 499 g/mol. The SMILES string of the molecule is CC(=O)O[C@H]1C(=O)N(CCN(C)C)c2ccccc2S[C@H]1c1ccc(OC(C)(C)C(C)(C)C)cc1. The summed E-state index contributed by atoms with van der Waals surface area (Å²) in [6.45, 7) is 13.2. The maximum Gasteiger partial charge on any atom is 0.303 e. The van der Waals surface area contributed by atoms with Crippen LogP contribution in [0.2, 0.25) is 0 Å². The Kier molecular flexibility index (Phi) is 8.22. The van der Waals surface area contributed by atoms with Crippen LogP contribution in [0.5, 0.6) is 5.75 Å². The molecule has 1 aliphatic heterocycles. The lowest BCUT2D eigenvalue weighted by Crippen LogP contribution is -2.45. The van der Waals surface area contributed by atoms with Crippen LogP contribution in [0.25, 0.3) is 0 Å². The average Bonchev–Trinajstić information content (AvgIpc) is 2.86. The van der Waals surface area contributed by atoms with Crippen molar-refractivity contribution < 1.29 is 19.1 Å². The number of likely N-dealkylation sites (N-methyl/N-ethyl adjacent to an activating group) is 1. The molecule has 0 bridgehead atoms. The molecule has 0 saturated carbocycles. The third kappa shape index (κ3) is 6.39. The van der Waals surface area contributed by atoms with Crippen LogP contribution < -0.4 is 9.64 Å². The summed E-state index contributed by atoms with van der Waals surface area (Å²) in [5.41, 5.74) is 1.33. The molecule has 1 heterocycles.